The Hall–Kier alpha value is -2.35. The number of thioether (sulfide) groups is 1. The summed E-state index contributed by atoms with van der Waals surface area (Å²) >= 11 is 7.17. The summed E-state index contributed by atoms with van der Waals surface area (Å²) in [5.74, 6) is -0.173. The van der Waals surface area contributed by atoms with Gasteiger partial charge in [0.25, 0.3) is 5.56 Å². The maximum absolute atomic E-state index is 13.2. The van der Waals surface area contributed by atoms with Crippen LogP contribution in [0.3, 0.4) is 0 Å². The van der Waals surface area contributed by atoms with Crippen LogP contribution in [0.25, 0.3) is 10.9 Å². The molecule has 0 spiro atoms. The van der Waals surface area contributed by atoms with Crippen LogP contribution in [0.2, 0.25) is 5.02 Å². The van der Waals surface area contributed by atoms with Crippen LogP contribution in [0.5, 0.6) is 0 Å². The lowest BCUT2D eigenvalue weighted by Gasteiger charge is -2.18. The first-order chi connectivity index (χ1) is 14.5. The van der Waals surface area contributed by atoms with Gasteiger partial charge < -0.3 is 10.1 Å². The lowest BCUT2D eigenvalue weighted by atomic mass is 10.2. The van der Waals surface area contributed by atoms with E-state index in [2.05, 4.69) is 5.32 Å². The zero-order chi connectivity index (χ0) is 21.1. The number of rotatable bonds is 6. The fourth-order valence-corrected chi connectivity index (χ4v) is 4.42. The van der Waals surface area contributed by atoms with Crippen molar-refractivity contribution in [3.63, 3.8) is 0 Å². The minimum Gasteiger partial charge on any atom is -0.376 e. The lowest BCUT2D eigenvalue weighted by molar-refractivity contribution is -0.115. The number of hydrogen-bond donors (Lipinski definition) is 1. The monoisotopic (exact) mass is 443 g/mol. The molecule has 156 valence electrons. The molecule has 30 heavy (non-hydrogen) atoms. The van der Waals surface area contributed by atoms with E-state index in [0.29, 0.717) is 39.9 Å². The molecule has 2 atom stereocenters. The number of anilines is 1. The highest BCUT2D eigenvalue weighted by Crippen LogP contribution is 2.25. The summed E-state index contributed by atoms with van der Waals surface area (Å²) in [6.07, 6.45) is 1.89. The number of para-hydroxylation sites is 1. The SMILES string of the molecule is CC(Sc1nc2ccccc2c(=O)n1CC1CCCO1)C(=O)Nc1ccc(Cl)cc1. The standard InChI is InChI=1S/C22H22ClN3O3S/c1-14(20(27)24-16-10-8-15(23)9-11-16)30-22-25-19-7-3-2-6-18(19)21(28)26(22)13-17-5-4-12-29-17/h2-3,6-11,14,17H,4-5,12-13H2,1H3,(H,24,27). The topological polar surface area (TPSA) is 73.2 Å². The minimum atomic E-state index is -0.454. The summed E-state index contributed by atoms with van der Waals surface area (Å²) in [4.78, 5) is 30.5. The highest BCUT2D eigenvalue weighted by Gasteiger charge is 2.23. The van der Waals surface area contributed by atoms with Crippen molar-refractivity contribution >= 4 is 45.9 Å². The minimum absolute atomic E-state index is 0.0109. The molecule has 4 rings (SSSR count). The Morgan fingerprint density at radius 2 is 2.07 bits per heavy atom. The highest BCUT2D eigenvalue weighted by molar-refractivity contribution is 8.00. The number of aromatic nitrogens is 2. The van der Waals surface area contributed by atoms with E-state index in [0.717, 1.165) is 12.8 Å². The van der Waals surface area contributed by atoms with Gasteiger partial charge in [0, 0.05) is 17.3 Å². The predicted molar refractivity (Wildman–Crippen MR) is 120 cm³/mol. The third kappa shape index (κ3) is 4.69. The van der Waals surface area contributed by atoms with E-state index in [1.165, 1.54) is 11.8 Å². The molecule has 0 bridgehead atoms. The fraction of sp³-hybridized carbons (Fsp3) is 0.318. The van der Waals surface area contributed by atoms with E-state index in [1.54, 1.807) is 41.8 Å². The molecule has 1 amide bonds. The van der Waals surface area contributed by atoms with E-state index in [4.69, 9.17) is 21.3 Å². The molecule has 0 radical (unpaired) electrons. The zero-order valence-electron chi connectivity index (χ0n) is 16.5. The number of benzene rings is 2. The van der Waals surface area contributed by atoms with Gasteiger partial charge in [0.1, 0.15) is 0 Å². The van der Waals surface area contributed by atoms with Crippen molar-refractivity contribution in [2.75, 3.05) is 11.9 Å². The molecule has 8 heteroatoms. The molecule has 0 saturated carbocycles. The molecular weight excluding hydrogens is 422 g/mol. The van der Waals surface area contributed by atoms with Crippen molar-refractivity contribution in [1.82, 2.24) is 9.55 Å². The normalized spacial score (nSPS) is 17.2. The van der Waals surface area contributed by atoms with E-state index in [9.17, 15) is 9.59 Å². The number of fused-ring (bicyclic) bond motifs is 1. The van der Waals surface area contributed by atoms with Crippen molar-refractivity contribution in [3.05, 3.63) is 63.9 Å². The number of ether oxygens (including phenoxy) is 1. The molecule has 1 aliphatic rings. The summed E-state index contributed by atoms with van der Waals surface area (Å²) in [5.41, 5.74) is 1.18. The second-order valence-corrected chi connectivity index (χ2v) is 8.96. The maximum Gasteiger partial charge on any atom is 0.262 e. The third-order valence-corrected chi connectivity index (χ3v) is 6.34. The smallest absolute Gasteiger partial charge is 0.262 e. The van der Waals surface area contributed by atoms with Gasteiger partial charge in [-0.2, -0.15) is 0 Å². The number of nitrogens with one attached hydrogen (secondary N) is 1. The Morgan fingerprint density at radius 1 is 1.30 bits per heavy atom. The molecular formula is C22H22ClN3O3S. The Morgan fingerprint density at radius 3 is 2.80 bits per heavy atom. The Bertz CT molecular complexity index is 1110. The van der Waals surface area contributed by atoms with Crippen molar-refractivity contribution in [3.8, 4) is 0 Å². The molecule has 2 unspecified atom stereocenters. The average Bonchev–Trinajstić information content (AvgIpc) is 3.26. The first-order valence-corrected chi connectivity index (χ1v) is 11.1. The summed E-state index contributed by atoms with van der Waals surface area (Å²) < 4.78 is 7.38. The van der Waals surface area contributed by atoms with Crippen LogP contribution in [-0.2, 0) is 16.1 Å². The lowest BCUT2D eigenvalue weighted by Crippen LogP contribution is -2.30. The molecule has 1 saturated heterocycles. The second kappa shape index (κ2) is 9.20. The van der Waals surface area contributed by atoms with Crippen molar-refractivity contribution < 1.29 is 9.53 Å². The number of hydrogen-bond acceptors (Lipinski definition) is 5. The van der Waals surface area contributed by atoms with Crippen LogP contribution in [-0.4, -0.2) is 33.4 Å². The van der Waals surface area contributed by atoms with Crippen molar-refractivity contribution in [2.45, 2.75) is 42.8 Å². The van der Waals surface area contributed by atoms with Crippen LogP contribution < -0.4 is 10.9 Å². The quantitative estimate of drug-likeness (QED) is 0.453. The molecule has 1 fully saturated rings. The van der Waals surface area contributed by atoms with E-state index >= 15 is 0 Å². The van der Waals surface area contributed by atoms with Gasteiger partial charge in [-0.25, -0.2) is 4.98 Å². The zero-order valence-corrected chi connectivity index (χ0v) is 18.1. The van der Waals surface area contributed by atoms with Crippen LogP contribution in [0.1, 0.15) is 19.8 Å². The van der Waals surface area contributed by atoms with Gasteiger partial charge in [-0.1, -0.05) is 35.5 Å². The van der Waals surface area contributed by atoms with Gasteiger partial charge in [0.2, 0.25) is 5.91 Å². The predicted octanol–water partition coefficient (Wildman–Crippen LogP) is 4.35. The Labute approximate surface area is 183 Å². The molecule has 0 aliphatic carbocycles. The number of carbonyl (C=O) groups is 1. The molecule has 6 nitrogen and oxygen atoms in total. The molecule has 1 aromatic heterocycles. The largest absolute Gasteiger partial charge is 0.376 e. The maximum atomic E-state index is 13.2. The first-order valence-electron chi connectivity index (χ1n) is 9.85. The fourth-order valence-electron chi connectivity index (χ4n) is 3.38. The Kier molecular flexibility index (Phi) is 6.41. The number of carbonyl (C=O) groups excluding carboxylic acids is 1. The molecule has 2 aromatic carbocycles. The molecule has 1 aliphatic heterocycles. The van der Waals surface area contributed by atoms with Crippen molar-refractivity contribution in [1.29, 1.82) is 0 Å². The van der Waals surface area contributed by atoms with E-state index < -0.39 is 5.25 Å². The molecule has 1 N–H and O–H groups in total. The summed E-state index contributed by atoms with van der Waals surface area (Å²) in [7, 11) is 0. The van der Waals surface area contributed by atoms with Gasteiger partial charge in [-0.05, 0) is 56.2 Å². The van der Waals surface area contributed by atoms with Gasteiger partial charge in [0.15, 0.2) is 5.16 Å². The van der Waals surface area contributed by atoms with E-state index in [1.807, 2.05) is 18.2 Å². The molecule has 2 heterocycles. The van der Waals surface area contributed by atoms with Crippen LogP contribution >= 0.6 is 23.4 Å². The van der Waals surface area contributed by atoms with Gasteiger partial charge in [-0.15, -0.1) is 0 Å². The van der Waals surface area contributed by atoms with Gasteiger partial charge >= 0.3 is 0 Å². The Balaban J connectivity index is 1.60. The van der Waals surface area contributed by atoms with Crippen LogP contribution in [0.15, 0.2) is 58.5 Å². The summed E-state index contributed by atoms with van der Waals surface area (Å²) in [6.45, 7) is 2.95. The number of nitrogens with zero attached hydrogens (tertiary/aromatic N) is 2. The molecule has 3 aromatic rings. The van der Waals surface area contributed by atoms with Crippen LogP contribution in [0.4, 0.5) is 5.69 Å². The average molecular weight is 444 g/mol. The number of amides is 1. The van der Waals surface area contributed by atoms with Gasteiger partial charge in [-0.3, -0.25) is 14.2 Å². The first kappa shape index (κ1) is 20.9. The second-order valence-electron chi connectivity index (χ2n) is 7.22. The summed E-state index contributed by atoms with van der Waals surface area (Å²) in [5, 5.41) is 4.12. The third-order valence-electron chi connectivity index (χ3n) is 5.00. The highest BCUT2D eigenvalue weighted by atomic mass is 35.5. The van der Waals surface area contributed by atoms with Gasteiger partial charge in [0.05, 0.1) is 28.8 Å². The van der Waals surface area contributed by atoms with E-state index in [-0.39, 0.29) is 17.6 Å². The number of halogens is 1. The van der Waals surface area contributed by atoms with Crippen LogP contribution in [0, 0.1) is 0 Å². The summed E-state index contributed by atoms with van der Waals surface area (Å²) in [6, 6.07) is 14.2. The van der Waals surface area contributed by atoms with Crippen molar-refractivity contribution in [2.24, 2.45) is 0 Å².